The third-order valence-electron chi connectivity index (χ3n) is 6.97. The zero-order valence-corrected chi connectivity index (χ0v) is 19.4. The fourth-order valence-electron chi connectivity index (χ4n) is 5.22. The Kier molecular flexibility index (Phi) is 7.47. The first kappa shape index (κ1) is 22.1. The van der Waals surface area contributed by atoms with Gasteiger partial charge in [-0.15, -0.1) is 24.0 Å². The van der Waals surface area contributed by atoms with Gasteiger partial charge < -0.3 is 25.0 Å². The summed E-state index contributed by atoms with van der Waals surface area (Å²) in [6.07, 6.45) is 9.01. The average Bonchev–Trinajstić information content (AvgIpc) is 3.05. The van der Waals surface area contributed by atoms with Crippen molar-refractivity contribution < 1.29 is 14.3 Å². The monoisotopic (exact) mass is 506 g/mol. The zero-order valence-electron chi connectivity index (χ0n) is 17.1. The number of ether oxygens (including phenoxy) is 2. The second-order valence-corrected chi connectivity index (χ2v) is 8.78. The van der Waals surface area contributed by atoms with Gasteiger partial charge in [0.15, 0.2) is 5.96 Å². The first-order valence-corrected chi connectivity index (χ1v) is 10.6. The molecule has 0 aromatic carbocycles. The van der Waals surface area contributed by atoms with E-state index >= 15 is 0 Å². The van der Waals surface area contributed by atoms with E-state index in [9.17, 15) is 4.79 Å². The number of hydrogen-bond acceptors (Lipinski definition) is 4. The highest BCUT2D eigenvalue weighted by Gasteiger charge is 2.66. The van der Waals surface area contributed by atoms with E-state index in [0.29, 0.717) is 18.1 Å². The normalized spacial score (nSPS) is 33.1. The number of likely N-dealkylation sites (N-methyl/N-ethyl adjacent to an activating group) is 1. The number of carbonyl (C=O) groups excluding carboxylic acids is 1. The Morgan fingerprint density at radius 3 is 2.61 bits per heavy atom. The molecule has 2 heterocycles. The lowest BCUT2D eigenvalue weighted by atomic mass is 9.46. The zero-order chi connectivity index (χ0) is 18.9. The van der Waals surface area contributed by atoms with Gasteiger partial charge in [-0.3, -0.25) is 4.79 Å². The quantitative estimate of drug-likeness (QED) is 0.338. The Balaban J connectivity index is 0.00000225. The molecule has 0 aromatic heterocycles. The predicted octanol–water partition coefficient (Wildman–Crippen LogP) is 1.75. The largest absolute Gasteiger partial charge is 0.377 e. The molecule has 0 aromatic rings. The summed E-state index contributed by atoms with van der Waals surface area (Å²) in [6, 6.07) is 0.409. The van der Waals surface area contributed by atoms with Gasteiger partial charge in [0.25, 0.3) is 0 Å². The minimum Gasteiger partial charge on any atom is -0.377 e. The molecular weight excluding hydrogens is 471 g/mol. The molecule has 4 unspecified atom stereocenters. The Hall–Kier alpha value is -0.610. The molecule has 28 heavy (non-hydrogen) atoms. The summed E-state index contributed by atoms with van der Waals surface area (Å²) in [6.45, 7) is 2.63. The standard InChI is InChI=1S/C20H34N4O3.HI/c1-24(2)16(25)13-22-19(21-12-14-6-3-4-10-26-14)23-17-15-7-11-27-18(15)20(17)8-5-9-20;/h14-15,17-18H,3-13H2,1-2H3,(H2,21,22,23);1H. The van der Waals surface area contributed by atoms with Crippen molar-refractivity contribution in [3.8, 4) is 0 Å². The van der Waals surface area contributed by atoms with E-state index in [1.165, 1.54) is 25.7 Å². The number of nitrogens with one attached hydrogen (secondary N) is 2. The summed E-state index contributed by atoms with van der Waals surface area (Å²) >= 11 is 0. The minimum atomic E-state index is 0. The SMILES string of the molecule is CN(C)C(=O)CN=C(NCC1CCCCO1)NC1C2CCOC2C12CCC2.I. The summed E-state index contributed by atoms with van der Waals surface area (Å²) in [7, 11) is 3.54. The van der Waals surface area contributed by atoms with Crippen LogP contribution in [0.1, 0.15) is 44.9 Å². The van der Waals surface area contributed by atoms with E-state index in [1.54, 1.807) is 19.0 Å². The number of aliphatic imine (C=N–C) groups is 1. The minimum absolute atomic E-state index is 0. The van der Waals surface area contributed by atoms with Crippen molar-refractivity contribution in [2.24, 2.45) is 16.3 Å². The molecule has 4 fully saturated rings. The van der Waals surface area contributed by atoms with Crippen LogP contribution in [-0.2, 0) is 14.3 Å². The van der Waals surface area contributed by atoms with Gasteiger partial charge in [-0.2, -0.15) is 0 Å². The molecule has 4 rings (SSSR count). The van der Waals surface area contributed by atoms with Gasteiger partial charge in [0.05, 0.1) is 12.2 Å². The molecule has 0 radical (unpaired) electrons. The number of fused-ring (bicyclic) bond motifs is 2. The highest BCUT2D eigenvalue weighted by Crippen LogP contribution is 2.62. The molecule has 1 amide bonds. The number of rotatable bonds is 5. The van der Waals surface area contributed by atoms with Gasteiger partial charge >= 0.3 is 0 Å². The Bertz CT molecular complexity index is 576. The Morgan fingerprint density at radius 1 is 1.14 bits per heavy atom. The lowest BCUT2D eigenvalue weighted by Gasteiger charge is -2.63. The van der Waals surface area contributed by atoms with Crippen LogP contribution in [0, 0.1) is 11.3 Å². The topological polar surface area (TPSA) is 75.2 Å². The van der Waals surface area contributed by atoms with E-state index in [-0.39, 0.29) is 47.9 Å². The molecular formula is C20H35IN4O3. The van der Waals surface area contributed by atoms with Crippen LogP contribution in [0.4, 0.5) is 0 Å². The highest BCUT2D eigenvalue weighted by molar-refractivity contribution is 14.0. The summed E-state index contributed by atoms with van der Waals surface area (Å²) in [4.78, 5) is 18.2. The van der Waals surface area contributed by atoms with Gasteiger partial charge in [0.1, 0.15) is 6.54 Å². The number of guanidine groups is 1. The van der Waals surface area contributed by atoms with Gasteiger partial charge in [-0.1, -0.05) is 6.42 Å². The molecule has 7 nitrogen and oxygen atoms in total. The van der Waals surface area contributed by atoms with Crippen molar-refractivity contribution >= 4 is 35.8 Å². The van der Waals surface area contributed by atoms with Crippen LogP contribution in [0.2, 0.25) is 0 Å². The number of amides is 1. The molecule has 2 saturated heterocycles. The maximum Gasteiger partial charge on any atom is 0.243 e. The number of carbonyl (C=O) groups is 1. The van der Waals surface area contributed by atoms with E-state index < -0.39 is 0 Å². The highest BCUT2D eigenvalue weighted by atomic mass is 127. The van der Waals surface area contributed by atoms with Crippen LogP contribution in [0.15, 0.2) is 4.99 Å². The summed E-state index contributed by atoms with van der Waals surface area (Å²) < 4.78 is 11.9. The third kappa shape index (κ3) is 4.28. The summed E-state index contributed by atoms with van der Waals surface area (Å²) in [5, 5.41) is 7.14. The maximum atomic E-state index is 12.0. The molecule has 2 N–H and O–H groups in total. The van der Waals surface area contributed by atoms with Gasteiger partial charge in [-0.25, -0.2) is 4.99 Å². The molecule has 2 aliphatic carbocycles. The number of hydrogen-bond donors (Lipinski definition) is 2. The molecule has 4 aliphatic rings. The third-order valence-corrected chi connectivity index (χ3v) is 6.97. The fourth-order valence-corrected chi connectivity index (χ4v) is 5.22. The van der Waals surface area contributed by atoms with Crippen molar-refractivity contribution in [1.82, 2.24) is 15.5 Å². The predicted molar refractivity (Wildman–Crippen MR) is 119 cm³/mol. The number of nitrogens with zero attached hydrogens (tertiary/aromatic N) is 2. The molecule has 4 atom stereocenters. The number of halogens is 1. The second-order valence-electron chi connectivity index (χ2n) is 8.78. The van der Waals surface area contributed by atoms with Crippen molar-refractivity contribution in [2.75, 3.05) is 40.4 Å². The van der Waals surface area contributed by atoms with Crippen LogP contribution in [0.5, 0.6) is 0 Å². The molecule has 160 valence electrons. The van der Waals surface area contributed by atoms with E-state index in [2.05, 4.69) is 15.6 Å². The van der Waals surface area contributed by atoms with E-state index in [1.807, 2.05) is 0 Å². The second kappa shape index (κ2) is 9.47. The molecule has 2 saturated carbocycles. The van der Waals surface area contributed by atoms with Crippen molar-refractivity contribution in [3.05, 3.63) is 0 Å². The van der Waals surface area contributed by atoms with E-state index in [4.69, 9.17) is 9.47 Å². The van der Waals surface area contributed by atoms with Crippen molar-refractivity contribution in [3.63, 3.8) is 0 Å². The lowest BCUT2D eigenvalue weighted by Crippen LogP contribution is -2.72. The Morgan fingerprint density at radius 2 is 1.96 bits per heavy atom. The van der Waals surface area contributed by atoms with Gasteiger partial charge in [0.2, 0.25) is 5.91 Å². The van der Waals surface area contributed by atoms with Crippen LogP contribution in [0.3, 0.4) is 0 Å². The smallest absolute Gasteiger partial charge is 0.243 e. The first-order valence-electron chi connectivity index (χ1n) is 10.6. The van der Waals surface area contributed by atoms with E-state index in [0.717, 1.165) is 45.0 Å². The fraction of sp³-hybridized carbons (Fsp3) is 0.900. The van der Waals surface area contributed by atoms with Gasteiger partial charge in [-0.05, 0) is 38.5 Å². The molecule has 0 bridgehead atoms. The van der Waals surface area contributed by atoms with Crippen molar-refractivity contribution in [1.29, 1.82) is 0 Å². The summed E-state index contributed by atoms with van der Waals surface area (Å²) in [5.41, 5.74) is 0.288. The lowest BCUT2D eigenvalue weighted by molar-refractivity contribution is -0.171. The van der Waals surface area contributed by atoms with Crippen LogP contribution in [-0.4, -0.2) is 75.4 Å². The van der Waals surface area contributed by atoms with Crippen LogP contribution < -0.4 is 10.6 Å². The molecule has 2 aliphatic heterocycles. The average molecular weight is 506 g/mol. The van der Waals surface area contributed by atoms with Gasteiger partial charge in [0, 0.05) is 51.2 Å². The Labute approximate surface area is 185 Å². The van der Waals surface area contributed by atoms with Crippen LogP contribution >= 0.6 is 24.0 Å². The molecule has 1 spiro atoms. The maximum absolute atomic E-state index is 12.0. The summed E-state index contributed by atoms with van der Waals surface area (Å²) in [5.74, 6) is 1.34. The van der Waals surface area contributed by atoms with Crippen LogP contribution in [0.25, 0.3) is 0 Å². The van der Waals surface area contributed by atoms with Crippen molar-refractivity contribution in [2.45, 2.75) is 63.2 Å². The molecule has 8 heteroatoms. The first-order chi connectivity index (χ1) is 13.1.